The van der Waals surface area contributed by atoms with Crippen molar-refractivity contribution in [2.45, 2.75) is 38.8 Å². The predicted molar refractivity (Wildman–Crippen MR) is 127 cm³/mol. The van der Waals surface area contributed by atoms with Crippen LogP contribution in [0.5, 0.6) is 0 Å². The van der Waals surface area contributed by atoms with Crippen molar-refractivity contribution in [1.82, 2.24) is 15.8 Å². The minimum atomic E-state index is -1.22. The van der Waals surface area contributed by atoms with Gasteiger partial charge >= 0.3 is 12.1 Å². The molecular weight excluding hydrogens is 450 g/mol. The molecule has 3 aromatic rings. The number of hydrogen-bond acceptors (Lipinski definition) is 6. The van der Waals surface area contributed by atoms with Crippen LogP contribution in [0.1, 0.15) is 53.6 Å². The first-order valence-corrected chi connectivity index (χ1v) is 11.4. The summed E-state index contributed by atoms with van der Waals surface area (Å²) in [6, 6.07) is 16.5. The van der Waals surface area contributed by atoms with Crippen molar-refractivity contribution in [3.8, 4) is 11.1 Å². The highest BCUT2D eigenvalue weighted by molar-refractivity contribution is 5.86. The van der Waals surface area contributed by atoms with Crippen molar-refractivity contribution in [3.63, 3.8) is 0 Å². The summed E-state index contributed by atoms with van der Waals surface area (Å²) in [7, 11) is 0. The summed E-state index contributed by atoms with van der Waals surface area (Å²) in [5.74, 6) is -1.41. The first-order valence-electron chi connectivity index (χ1n) is 11.4. The van der Waals surface area contributed by atoms with Gasteiger partial charge < -0.3 is 25.0 Å². The topological polar surface area (TPSA) is 131 Å². The van der Waals surface area contributed by atoms with Gasteiger partial charge in [0, 0.05) is 12.0 Å². The number of alkyl carbamates (subject to hydrolysis) is 1. The van der Waals surface area contributed by atoms with Gasteiger partial charge in [0.1, 0.15) is 12.6 Å². The maximum atomic E-state index is 12.8. The van der Waals surface area contributed by atoms with E-state index in [9.17, 15) is 14.4 Å². The van der Waals surface area contributed by atoms with E-state index >= 15 is 0 Å². The Kier molecular flexibility index (Phi) is 7.14. The number of fused-ring (bicyclic) bond motifs is 3. The SMILES string of the molecule is CC(C)C[C@@H](NC(=O)OCC1c2ccccc2-c2ccccc21)C(=O)NCc1cc(C(=O)O)no1. The molecule has 0 bridgehead atoms. The summed E-state index contributed by atoms with van der Waals surface area (Å²) in [6.07, 6.45) is -0.284. The van der Waals surface area contributed by atoms with Gasteiger partial charge in [-0.15, -0.1) is 0 Å². The zero-order valence-corrected chi connectivity index (χ0v) is 19.5. The molecule has 1 aliphatic carbocycles. The summed E-state index contributed by atoms with van der Waals surface area (Å²) in [5.41, 5.74) is 4.22. The number of ether oxygens (including phenoxy) is 1. The van der Waals surface area contributed by atoms with Crippen molar-refractivity contribution >= 4 is 18.0 Å². The number of amides is 2. The molecule has 0 saturated heterocycles. The Balaban J connectivity index is 1.37. The standard InChI is InChI=1S/C26H27N3O6/c1-15(2)11-22(24(30)27-13-16-12-23(25(31)32)29-35-16)28-26(33)34-14-21-19-9-5-3-7-17(19)18-8-4-6-10-20(18)21/h3-10,12,15,21-22H,11,13-14H2,1-2H3,(H,27,30)(H,28,33)(H,31,32)/t22-/m1/s1. The number of nitrogens with zero attached hydrogens (tertiary/aromatic N) is 1. The fraction of sp³-hybridized carbons (Fsp3) is 0.308. The molecule has 0 unspecified atom stereocenters. The molecule has 0 aliphatic heterocycles. The maximum Gasteiger partial charge on any atom is 0.407 e. The molecule has 2 amide bonds. The number of aromatic nitrogens is 1. The van der Waals surface area contributed by atoms with Crippen LogP contribution in [0.2, 0.25) is 0 Å². The minimum Gasteiger partial charge on any atom is -0.476 e. The van der Waals surface area contributed by atoms with Crippen molar-refractivity contribution in [1.29, 1.82) is 0 Å². The molecule has 0 saturated carbocycles. The summed E-state index contributed by atoms with van der Waals surface area (Å²) in [6.45, 7) is 3.97. The van der Waals surface area contributed by atoms with Gasteiger partial charge in [-0.2, -0.15) is 0 Å². The predicted octanol–water partition coefficient (Wildman–Crippen LogP) is 3.94. The highest BCUT2D eigenvalue weighted by Gasteiger charge is 2.30. The van der Waals surface area contributed by atoms with Crippen molar-refractivity contribution < 1.29 is 28.8 Å². The van der Waals surface area contributed by atoms with Gasteiger partial charge in [-0.25, -0.2) is 9.59 Å². The van der Waals surface area contributed by atoms with Gasteiger partial charge in [0.25, 0.3) is 0 Å². The van der Waals surface area contributed by atoms with Crippen LogP contribution >= 0.6 is 0 Å². The third-order valence-corrected chi connectivity index (χ3v) is 5.87. The monoisotopic (exact) mass is 477 g/mol. The number of carbonyl (C=O) groups excluding carboxylic acids is 2. The van der Waals surface area contributed by atoms with Crippen LogP contribution in [0.25, 0.3) is 11.1 Å². The van der Waals surface area contributed by atoms with Crippen LogP contribution in [0, 0.1) is 5.92 Å². The van der Waals surface area contributed by atoms with Crippen LogP contribution in [0.3, 0.4) is 0 Å². The largest absolute Gasteiger partial charge is 0.476 e. The van der Waals surface area contributed by atoms with E-state index in [0.29, 0.717) is 6.42 Å². The molecule has 1 aliphatic rings. The Bertz CT molecular complexity index is 1190. The molecule has 3 N–H and O–H groups in total. The molecule has 9 nitrogen and oxygen atoms in total. The molecule has 1 atom stereocenters. The molecular formula is C26H27N3O6. The zero-order chi connectivity index (χ0) is 24.9. The molecule has 0 spiro atoms. The van der Waals surface area contributed by atoms with Crippen LogP contribution in [-0.2, 0) is 16.1 Å². The van der Waals surface area contributed by atoms with Crippen LogP contribution in [0.15, 0.2) is 59.1 Å². The van der Waals surface area contributed by atoms with Gasteiger partial charge in [0.15, 0.2) is 11.5 Å². The number of carbonyl (C=O) groups is 3. The Morgan fingerprint density at radius 3 is 2.26 bits per heavy atom. The number of aromatic carboxylic acids is 1. The molecule has 0 radical (unpaired) electrons. The number of hydrogen-bond donors (Lipinski definition) is 3. The second kappa shape index (κ2) is 10.4. The molecule has 182 valence electrons. The van der Waals surface area contributed by atoms with E-state index in [1.165, 1.54) is 6.07 Å². The van der Waals surface area contributed by atoms with E-state index in [0.717, 1.165) is 22.3 Å². The number of benzene rings is 2. The summed E-state index contributed by atoms with van der Waals surface area (Å²) >= 11 is 0. The van der Waals surface area contributed by atoms with E-state index in [-0.39, 0.29) is 36.4 Å². The van der Waals surface area contributed by atoms with Crippen molar-refractivity contribution in [2.24, 2.45) is 5.92 Å². The number of rotatable bonds is 9. The summed E-state index contributed by atoms with van der Waals surface area (Å²) in [5, 5.41) is 17.7. The van der Waals surface area contributed by atoms with Crippen LogP contribution < -0.4 is 10.6 Å². The Hall–Kier alpha value is -4.14. The number of carboxylic acid groups (broad SMARTS) is 1. The molecule has 2 aromatic carbocycles. The van der Waals surface area contributed by atoms with Gasteiger partial charge in [-0.1, -0.05) is 67.5 Å². The first-order chi connectivity index (χ1) is 16.8. The quantitative estimate of drug-likeness (QED) is 0.425. The first kappa shape index (κ1) is 24.0. The molecule has 9 heteroatoms. The van der Waals surface area contributed by atoms with Crippen molar-refractivity contribution in [2.75, 3.05) is 6.61 Å². The lowest BCUT2D eigenvalue weighted by Gasteiger charge is -2.21. The Labute approximate surface area is 202 Å². The zero-order valence-electron chi connectivity index (χ0n) is 19.5. The molecule has 4 rings (SSSR count). The smallest absolute Gasteiger partial charge is 0.407 e. The van der Waals surface area contributed by atoms with Crippen LogP contribution in [0.4, 0.5) is 4.79 Å². The summed E-state index contributed by atoms with van der Waals surface area (Å²) in [4.78, 5) is 36.3. The van der Waals surface area contributed by atoms with E-state index in [2.05, 4.69) is 27.9 Å². The molecule has 1 heterocycles. The Morgan fingerprint density at radius 1 is 1.06 bits per heavy atom. The molecule has 0 fully saturated rings. The summed E-state index contributed by atoms with van der Waals surface area (Å²) < 4.78 is 10.5. The number of carboxylic acids is 1. The third kappa shape index (κ3) is 5.51. The fourth-order valence-corrected chi connectivity index (χ4v) is 4.28. The maximum absolute atomic E-state index is 12.8. The average Bonchev–Trinajstić information content (AvgIpc) is 3.44. The molecule has 1 aromatic heterocycles. The lowest BCUT2D eigenvalue weighted by atomic mass is 9.98. The normalized spacial score (nSPS) is 13.1. The van der Waals surface area contributed by atoms with Gasteiger partial charge in [-0.3, -0.25) is 4.79 Å². The van der Waals surface area contributed by atoms with E-state index in [4.69, 9.17) is 14.4 Å². The van der Waals surface area contributed by atoms with Gasteiger partial charge in [-0.05, 0) is 34.6 Å². The Morgan fingerprint density at radius 2 is 1.69 bits per heavy atom. The fourth-order valence-electron chi connectivity index (χ4n) is 4.28. The lowest BCUT2D eigenvalue weighted by Crippen LogP contribution is -2.47. The van der Waals surface area contributed by atoms with Gasteiger partial charge in [0.2, 0.25) is 5.91 Å². The third-order valence-electron chi connectivity index (χ3n) is 5.87. The minimum absolute atomic E-state index is 0.0555. The van der Waals surface area contributed by atoms with E-state index < -0.39 is 24.0 Å². The highest BCUT2D eigenvalue weighted by Crippen LogP contribution is 2.44. The van der Waals surface area contributed by atoms with Gasteiger partial charge in [0.05, 0.1) is 6.54 Å². The second-order valence-corrected chi connectivity index (χ2v) is 8.85. The van der Waals surface area contributed by atoms with Crippen LogP contribution in [-0.4, -0.2) is 40.9 Å². The van der Waals surface area contributed by atoms with E-state index in [1.807, 2.05) is 50.2 Å². The lowest BCUT2D eigenvalue weighted by molar-refractivity contribution is -0.123. The number of nitrogens with one attached hydrogen (secondary N) is 2. The van der Waals surface area contributed by atoms with E-state index in [1.54, 1.807) is 0 Å². The average molecular weight is 478 g/mol. The molecule has 35 heavy (non-hydrogen) atoms. The highest BCUT2D eigenvalue weighted by atomic mass is 16.5. The van der Waals surface area contributed by atoms with Crippen molar-refractivity contribution in [3.05, 3.63) is 77.2 Å². The second-order valence-electron chi connectivity index (χ2n) is 8.85.